The lowest BCUT2D eigenvalue weighted by molar-refractivity contribution is 0.289. The molecule has 1 heterocycles. The van der Waals surface area contributed by atoms with Crippen molar-refractivity contribution in [2.45, 2.75) is 31.0 Å². The number of nitrogens with zero attached hydrogens (tertiary/aromatic N) is 3. The van der Waals surface area contributed by atoms with E-state index >= 15 is 0 Å². The fraction of sp³-hybridized carbons (Fsp3) is 0.200. The van der Waals surface area contributed by atoms with Crippen LogP contribution in [0, 0.1) is 12.7 Å². The molecule has 1 aromatic heterocycles. The molecule has 4 nitrogen and oxygen atoms in total. The Bertz CT molecular complexity index is 973. The summed E-state index contributed by atoms with van der Waals surface area (Å²) in [5, 5.41) is 9.97. The number of aryl methyl sites for hydroxylation is 1. The molecule has 0 spiro atoms. The standard InChI is InChI=1S/C20H18Cl2FN3OS/c1-3-9-26-19(11-27-18-10-13(2)7-8-16(18)22)24-25-20(26)28-12-14-15(21)5-4-6-17(14)23/h3-8,10H,1,9,11-12H2,2H3. The molecule has 3 rings (SSSR count). The maximum atomic E-state index is 14.0. The molecule has 3 aromatic rings. The maximum Gasteiger partial charge on any atom is 0.191 e. The number of rotatable bonds is 8. The summed E-state index contributed by atoms with van der Waals surface area (Å²) in [5.74, 6) is 1.21. The van der Waals surface area contributed by atoms with Crippen LogP contribution in [0.2, 0.25) is 10.0 Å². The van der Waals surface area contributed by atoms with Crippen molar-refractivity contribution in [1.82, 2.24) is 14.8 Å². The van der Waals surface area contributed by atoms with Gasteiger partial charge in [0.15, 0.2) is 11.0 Å². The first kappa shape index (κ1) is 20.7. The van der Waals surface area contributed by atoms with E-state index in [1.165, 1.54) is 17.8 Å². The minimum Gasteiger partial charge on any atom is -0.484 e. The van der Waals surface area contributed by atoms with Gasteiger partial charge >= 0.3 is 0 Å². The first-order valence-corrected chi connectivity index (χ1v) is 10.2. The Morgan fingerprint density at radius 2 is 2.04 bits per heavy atom. The van der Waals surface area contributed by atoms with E-state index in [1.807, 2.05) is 23.6 Å². The molecule has 0 fully saturated rings. The van der Waals surface area contributed by atoms with E-state index < -0.39 is 0 Å². The molecule has 0 aliphatic carbocycles. The Morgan fingerprint density at radius 1 is 1.21 bits per heavy atom. The Kier molecular flexibility index (Phi) is 6.99. The van der Waals surface area contributed by atoms with Crippen molar-refractivity contribution in [3.63, 3.8) is 0 Å². The maximum absolute atomic E-state index is 14.0. The molecular formula is C20H18Cl2FN3OS. The van der Waals surface area contributed by atoms with Crippen LogP contribution in [-0.4, -0.2) is 14.8 Å². The summed E-state index contributed by atoms with van der Waals surface area (Å²) in [4.78, 5) is 0. The van der Waals surface area contributed by atoms with Crippen LogP contribution in [0.15, 0.2) is 54.2 Å². The van der Waals surface area contributed by atoms with Gasteiger partial charge in [0.05, 0.1) is 5.02 Å². The normalized spacial score (nSPS) is 10.9. The van der Waals surface area contributed by atoms with Crippen molar-refractivity contribution in [2.24, 2.45) is 0 Å². The Hall–Kier alpha value is -2.02. The van der Waals surface area contributed by atoms with Gasteiger partial charge in [0, 0.05) is 22.9 Å². The smallest absolute Gasteiger partial charge is 0.191 e. The van der Waals surface area contributed by atoms with Gasteiger partial charge in [0.1, 0.15) is 18.2 Å². The number of hydrogen-bond acceptors (Lipinski definition) is 4. The van der Waals surface area contributed by atoms with Gasteiger partial charge in [-0.3, -0.25) is 4.57 Å². The Morgan fingerprint density at radius 3 is 2.79 bits per heavy atom. The summed E-state index contributed by atoms with van der Waals surface area (Å²) in [5.41, 5.74) is 1.48. The summed E-state index contributed by atoms with van der Waals surface area (Å²) in [6, 6.07) is 10.2. The highest BCUT2D eigenvalue weighted by Gasteiger charge is 2.15. The van der Waals surface area contributed by atoms with Crippen LogP contribution in [0.1, 0.15) is 17.0 Å². The number of benzene rings is 2. The largest absolute Gasteiger partial charge is 0.484 e. The zero-order valence-electron chi connectivity index (χ0n) is 15.2. The summed E-state index contributed by atoms with van der Waals surface area (Å²) in [7, 11) is 0. The topological polar surface area (TPSA) is 39.9 Å². The van der Waals surface area contributed by atoms with E-state index in [-0.39, 0.29) is 12.4 Å². The van der Waals surface area contributed by atoms with Crippen LogP contribution >= 0.6 is 35.0 Å². The molecular weight excluding hydrogens is 420 g/mol. The van der Waals surface area contributed by atoms with Gasteiger partial charge in [-0.2, -0.15) is 0 Å². The van der Waals surface area contributed by atoms with E-state index in [0.29, 0.717) is 44.6 Å². The highest BCUT2D eigenvalue weighted by Crippen LogP contribution is 2.29. The number of ether oxygens (including phenoxy) is 1. The van der Waals surface area contributed by atoms with Crippen molar-refractivity contribution in [3.05, 3.63) is 81.9 Å². The molecule has 0 N–H and O–H groups in total. The third-order valence-electron chi connectivity index (χ3n) is 3.96. The lowest BCUT2D eigenvalue weighted by Gasteiger charge is -2.11. The van der Waals surface area contributed by atoms with E-state index in [2.05, 4.69) is 16.8 Å². The molecule has 0 atom stereocenters. The molecule has 0 unspecified atom stereocenters. The lowest BCUT2D eigenvalue weighted by atomic mass is 10.2. The molecule has 0 bridgehead atoms. The van der Waals surface area contributed by atoms with E-state index in [9.17, 15) is 4.39 Å². The molecule has 0 amide bonds. The molecule has 28 heavy (non-hydrogen) atoms. The second kappa shape index (κ2) is 9.45. The summed E-state index contributed by atoms with van der Waals surface area (Å²) < 4.78 is 21.7. The predicted molar refractivity (Wildman–Crippen MR) is 112 cm³/mol. The van der Waals surface area contributed by atoms with E-state index in [1.54, 1.807) is 24.3 Å². The number of hydrogen-bond donors (Lipinski definition) is 0. The molecule has 8 heteroatoms. The zero-order chi connectivity index (χ0) is 20.1. The highest BCUT2D eigenvalue weighted by atomic mass is 35.5. The SMILES string of the molecule is C=CCn1c(COc2cc(C)ccc2Cl)nnc1SCc1c(F)cccc1Cl. The molecule has 146 valence electrons. The van der Waals surface area contributed by atoms with Crippen LogP contribution in [0.25, 0.3) is 0 Å². The minimum absolute atomic E-state index is 0.199. The fourth-order valence-electron chi connectivity index (χ4n) is 2.52. The predicted octanol–water partition coefficient (Wildman–Crippen LogP) is 6.09. The van der Waals surface area contributed by atoms with Crippen LogP contribution in [-0.2, 0) is 18.9 Å². The summed E-state index contributed by atoms with van der Waals surface area (Å²) >= 11 is 13.6. The van der Waals surface area contributed by atoms with Gasteiger partial charge in [-0.05, 0) is 36.8 Å². The molecule has 0 aliphatic heterocycles. The molecule has 0 radical (unpaired) electrons. The quantitative estimate of drug-likeness (QED) is 0.315. The Labute approximate surface area is 177 Å². The van der Waals surface area contributed by atoms with Gasteiger partial charge in [-0.25, -0.2) is 4.39 Å². The van der Waals surface area contributed by atoms with Gasteiger partial charge in [0.2, 0.25) is 0 Å². The van der Waals surface area contributed by atoms with Gasteiger partial charge in [0.25, 0.3) is 0 Å². The second-order valence-corrected chi connectivity index (χ2v) is 7.77. The van der Waals surface area contributed by atoms with Crippen molar-refractivity contribution < 1.29 is 9.13 Å². The highest BCUT2D eigenvalue weighted by molar-refractivity contribution is 7.98. The average Bonchev–Trinajstić information content (AvgIpc) is 3.04. The zero-order valence-corrected chi connectivity index (χ0v) is 17.5. The van der Waals surface area contributed by atoms with Crippen LogP contribution < -0.4 is 4.74 Å². The monoisotopic (exact) mass is 437 g/mol. The van der Waals surface area contributed by atoms with Crippen LogP contribution in [0.4, 0.5) is 4.39 Å². The molecule has 2 aromatic carbocycles. The molecule has 0 saturated carbocycles. The summed E-state index contributed by atoms with van der Waals surface area (Å²) in [6.07, 6.45) is 1.74. The van der Waals surface area contributed by atoms with Crippen molar-refractivity contribution >= 4 is 35.0 Å². The summed E-state index contributed by atoms with van der Waals surface area (Å²) in [6.45, 7) is 6.44. The second-order valence-electron chi connectivity index (χ2n) is 6.01. The van der Waals surface area contributed by atoms with Crippen molar-refractivity contribution in [1.29, 1.82) is 0 Å². The molecule has 0 aliphatic rings. The number of thioether (sulfide) groups is 1. The van der Waals surface area contributed by atoms with Gasteiger partial charge < -0.3 is 4.74 Å². The number of aromatic nitrogens is 3. The van der Waals surface area contributed by atoms with E-state index in [4.69, 9.17) is 27.9 Å². The average molecular weight is 438 g/mol. The van der Waals surface area contributed by atoms with Crippen molar-refractivity contribution in [2.75, 3.05) is 0 Å². The first-order valence-electron chi connectivity index (χ1n) is 8.47. The van der Waals surface area contributed by atoms with Gasteiger partial charge in [-0.15, -0.1) is 16.8 Å². The third-order valence-corrected chi connectivity index (χ3v) is 5.62. The van der Waals surface area contributed by atoms with Crippen LogP contribution in [0.5, 0.6) is 5.75 Å². The third kappa shape index (κ3) is 4.87. The first-order chi connectivity index (χ1) is 13.5. The van der Waals surface area contributed by atoms with Gasteiger partial charge in [-0.1, -0.05) is 53.2 Å². The lowest BCUT2D eigenvalue weighted by Crippen LogP contribution is -2.08. The molecule has 0 saturated heterocycles. The van der Waals surface area contributed by atoms with Crippen molar-refractivity contribution in [3.8, 4) is 5.75 Å². The minimum atomic E-state index is -0.340. The number of halogens is 3. The van der Waals surface area contributed by atoms with E-state index in [0.717, 1.165) is 5.56 Å². The van der Waals surface area contributed by atoms with Crippen LogP contribution in [0.3, 0.4) is 0 Å². The number of allylic oxidation sites excluding steroid dienone is 1. The fourth-order valence-corrected chi connectivity index (χ4v) is 4.00. The Balaban J connectivity index is 1.76.